The summed E-state index contributed by atoms with van der Waals surface area (Å²) in [5, 5.41) is 5.07. The van der Waals surface area contributed by atoms with Gasteiger partial charge in [-0.1, -0.05) is 26.0 Å². The first-order chi connectivity index (χ1) is 17.1. The van der Waals surface area contributed by atoms with E-state index in [2.05, 4.69) is 42.7 Å². The van der Waals surface area contributed by atoms with E-state index in [-0.39, 0.29) is 24.5 Å². The number of amides is 3. The Kier molecular flexibility index (Phi) is 9.79. The Bertz CT molecular complexity index is 997. The summed E-state index contributed by atoms with van der Waals surface area (Å²) in [6, 6.07) is 9.83. The molecule has 1 N–H and O–H groups in total. The summed E-state index contributed by atoms with van der Waals surface area (Å²) in [7, 11) is 1.64. The third-order valence-electron chi connectivity index (χ3n) is 6.24. The number of methoxy groups -OCH3 is 1. The first-order valence-corrected chi connectivity index (χ1v) is 13.6. The number of thiophene rings is 1. The van der Waals surface area contributed by atoms with Crippen molar-refractivity contribution in [3.05, 3.63) is 51.7 Å². The van der Waals surface area contributed by atoms with Crippen LogP contribution < -0.4 is 10.1 Å². The van der Waals surface area contributed by atoms with Crippen molar-refractivity contribution < 1.29 is 19.1 Å². The molecular formula is C28H41N3O4S. The zero-order chi connectivity index (χ0) is 26.3. The van der Waals surface area contributed by atoms with E-state index >= 15 is 0 Å². The van der Waals surface area contributed by atoms with Crippen molar-refractivity contribution >= 4 is 23.3 Å². The first-order valence-electron chi connectivity index (χ1n) is 12.7. The molecule has 1 aromatic carbocycles. The number of rotatable bonds is 10. The molecule has 3 rings (SSSR count). The van der Waals surface area contributed by atoms with E-state index in [1.165, 1.54) is 10.4 Å². The molecule has 3 amide bonds. The second-order valence-corrected chi connectivity index (χ2v) is 11.6. The van der Waals surface area contributed by atoms with Gasteiger partial charge in [-0.2, -0.15) is 0 Å². The predicted molar refractivity (Wildman–Crippen MR) is 145 cm³/mol. The van der Waals surface area contributed by atoms with Gasteiger partial charge < -0.3 is 24.6 Å². The van der Waals surface area contributed by atoms with Gasteiger partial charge in [0.25, 0.3) is 0 Å². The maximum absolute atomic E-state index is 13.6. The Morgan fingerprint density at radius 1 is 1.19 bits per heavy atom. The smallest absolute Gasteiger partial charge is 0.318 e. The van der Waals surface area contributed by atoms with Crippen LogP contribution in [-0.4, -0.2) is 67.2 Å². The summed E-state index contributed by atoms with van der Waals surface area (Å²) in [5.74, 6) is 1.18. The minimum Gasteiger partial charge on any atom is -0.491 e. The molecule has 0 saturated heterocycles. The van der Waals surface area contributed by atoms with Crippen LogP contribution in [0.4, 0.5) is 4.79 Å². The Balaban J connectivity index is 1.74. The van der Waals surface area contributed by atoms with E-state index in [0.29, 0.717) is 38.6 Å². The molecule has 1 aliphatic rings. The van der Waals surface area contributed by atoms with Gasteiger partial charge in [-0.25, -0.2) is 4.79 Å². The van der Waals surface area contributed by atoms with E-state index in [1.54, 1.807) is 23.3 Å². The summed E-state index contributed by atoms with van der Waals surface area (Å²) in [4.78, 5) is 31.4. The molecule has 1 aliphatic heterocycles. The van der Waals surface area contributed by atoms with Crippen LogP contribution in [0.25, 0.3) is 0 Å². The van der Waals surface area contributed by atoms with Crippen LogP contribution in [0.3, 0.4) is 0 Å². The first kappa shape index (κ1) is 28.0. The molecule has 1 atom stereocenters. The van der Waals surface area contributed by atoms with Gasteiger partial charge in [-0.15, -0.1) is 11.3 Å². The van der Waals surface area contributed by atoms with Gasteiger partial charge in [0.15, 0.2) is 0 Å². The highest BCUT2D eigenvalue weighted by molar-refractivity contribution is 7.10. The molecule has 0 spiro atoms. The van der Waals surface area contributed by atoms with Crippen molar-refractivity contribution in [3.8, 4) is 5.75 Å². The Hall–Kier alpha value is -2.58. The molecule has 0 radical (unpaired) electrons. The molecule has 0 fully saturated rings. The van der Waals surface area contributed by atoms with E-state index in [0.717, 1.165) is 17.7 Å². The average molecular weight is 516 g/mol. The van der Waals surface area contributed by atoms with Crippen LogP contribution >= 0.6 is 11.3 Å². The second-order valence-electron chi connectivity index (χ2n) is 10.6. The van der Waals surface area contributed by atoms with E-state index in [9.17, 15) is 9.59 Å². The van der Waals surface area contributed by atoms with Crippen molar-refractivity contribution in [1.82, 2.24) is 15.1 Å². The summed E-state index contributed by atoms with van der Waals surface area (Å²) >= 11 is 1.73. The quantitative estimate of drug-likeness (QED) is 0.440. The zero-order valence-corrected chi connectivity index (χ0v) is 23.3. The molecule has 2 aromatic rings. The monoisotopic (exact) mass is 515 g/mol. The minimum absolute atomic E-state index is 0.0185. The van der Waals surface area contributed by atoms with Crippen molar-refractivity contribution in [2.75, 3.05) is 40.0 Å². The number of carbonyl (C=O) groups excluding carboxylic acids is 2. The second kappa shape index (κ2) is 12.6. The maximum atomic E-state index is 13.6. The molecule has 0 unspecified atom stereocenters. The Morgan fingerprint density at radius 3 is 2.56 bits per heavy atom. The highest BCUT2D eigenvalue weighted by Crippen LogP contribution is 2.34. The van der Waals surface area contributed by atoms with Gasteiger partial charge in [0.2, 0.25) is 5.91 Å². The Labute approximate surface area is 219 Å². The molecule has 1 aromatic heterocycles. The van der Waals surface area contributed by atoms with Gasteiger partial charge in [-0.3, -0.25) is 4.79 Å². The highest BCUT2D eigenvalue weighted by Gasteiger charge is 2.34. The molecule has 36 heavy (non-hydrogen) atoms. The number of ether oxygens (including phenoxy) is 2. The molecule has 198 valence electrons. The molecule has 0 aliphatic carbocycles. The number of urea groups is 1. The molecule has 0 saturated carbocycles. The van der Waals surface area contributed by atoms with E-state index in [1.807, 2.05) is 37.8 Å². The highest BCUT2D eigenvalue weighted by atomic mass is 32.1. The van der Waals surface area contributed by atoms with Gasteiger partial charge in [-0.05, 0) is 74.2 Å². The summed E-state index contributed by atoms with van der Waals surface area (Å²) in [6.07, 6.45) is 1.48. The standard InChI is InChI=1S/C28H41N3O4S/c1-20(2)21-8-10-22(11-9-21)35-19-24-23-13-17-36-25(23)12-15-31(24)26(32)18-30(14-7-16-34-6)27(33)29-28(3,4)5/h8-11,13,17,20,24H,7,12,14-16,18-19H2,1-6H3,(H,29,33)/t24-/m0/s1. The maximum Gasteiger partial charge on any atom is 0.318 e. The molecule has 7 nitrogen and oxygen atoms in total. The largest absolute Gasteiger partial charge is 0.491 e. The number of nitrogens with one attached hydrogen (secondary N) is 1. The van der Waals surface area contributed by atoms with E-state index < -0.39 is 5.54 Å². The van der Waals surface area contributed by atoms with Gasteiger partial charge >= 0.3 is 6.03 Å². The third kappa shape index (κ3) is 7.71. The average Bonchev–Trinajstić information content (AvgIpc) is 3.30. The zero-order valence-electron chi connectivity index (χ0n) is 22.5. The lowest BCUT2D eigenvalue weighted by Crippen LogP contribution is -2.53. The molecule has 0 bridgehead atoms. The SMILES string of the molecule is COCCCN(CC(=O)N1CCc2sccc2[C@@H]1COc1ccc(C(C)C)cc1)C(=O)NC(C)(C)C. The molecule has 8 heteroatoms. The van der Waals surface area contributed by atoms with Crippen LogP contribution in [0.2, 0.25) is 0 Å². The van der Waals surface area contributed by atoms with Crippen LogP contribution in [0.15, 0.2) is 35.7 Å². The normalized spacial score (nSPS) is 15.5. The van der Waals surface area contributed by atoms with Crippen molar-refractivity contribution in [3.63, 3.8) is 0 Å². The number of hydrogen-bond donors (Lipinski definition) is 1. The van der Waals surface area contributed by atoms with Gasteiger partial charge in [0.05, 0.1) is 6.04 Å². The molecule has 2 heterocycles. The number of benzene rings is 1. The lowest BCUT2D eigenvalue weighted by Gasteiger charge is -2.37. The number of hydrogen-bond acceptors (Lipinski definition) is 5. The van der Waals surface area contributed by atoms with Gasteiger partial charge in [0.1, 0.15) is 18.9 Å². The van der Waals surface area contributed by atoms with Crippen molar-refractivity contribution in [2.24, 2.45) is 0 Å². The van der Waals surface area contributed by atoms with Crippen LogP contribution in [-0.2, 0) is 16.0 Å². The summed E-state index contributed by atoms with van der Waals surface area (Å²) < 4.78 is 11.4. The number of fused-ring (bicyclic) bond motifs is 1. The topological polar surface area (TPSA) is 71.1 Å². The Morgan fingerprint density at radius 2 is 1.92 bits per heavy atom. The summed E-state index contributed by atoms with van der Waals surface area (Å²) in [6.45, 7) is 12.1. The third-order valence-corrected chi connectivity index (χ3v) is 7.24. The number of carbonyl (C=O) groups is 2. The van der Waals surface area contributed by atoms with Crippen LogP contribution in [0.1, 0.15) is 69.0 Å². The van der Waals surface area contributed by atoms with Gasteiger partial charge in [0, 0.05) is 37.2 Å². The van der Waals surface area contributed by atoms with Crippen LogP contribution in [0.5, 0.6) is 5.75 Å². The van der Waals surface area contributed by atoms with Crippen LogP contribution in [0, 0.1) is 0 Å². The van der Waals surface area contributed by atoms with Crippen molar-refractivity contribution in [2.45, 2.75) is 65.0 Å². The fourth-order valence-electron chi connectivity index (χ4n) is 4.30. The summed E-state index contributed by atoms with van der Waals surface area (Å²) in [5.41, 5.74) is 2.01. The lowest BCUT2D eigenvalue weighted by molar-refractivity contribution is -0.135. The predicted octanol–water partition coefficient (Wildman–Crippen LogP) is 5.22. The molecular weight excluding hydrogens is 474 g/mol. The fourth-order valence-corrected chi connectivity index (χ4v) is 5.23. The van der Waals surface area contributed by atoms with E-state index in [4.69, 9.17) is 9.47 Å². The number of nitrogens with zero attached hydrogens (tertiary/aromatic N) is 2. The lowest BCUT2D eigenvalue weighted by atomic mass is 10.00. The fraction of sp³-hybridized carbons (Fsp3) is 0.571. The minimum atomic E-state index is -0.391. The van der Waals surface area contributed by atoms with Crippen molar-refractivity contribution in [1.29, 1.82) is 0 Å².